The van der Waals surface area contributed by atoms with Gasteiger partial charge in [-0.15, -0.1) is 0 Å². The lowest BCUT2D eigenvalue weighted by atomic mass is 10.3. The summed E-state index contributed by atoms with van der Waals surface area (Å²) in [6, 6.07) is 3.72. The van der Waals surface area contributed by atoms with Gasteiger partial charge in [0.05, 0.1) is 13.2 Å². The first-order valence-corrected chi connectivity index (χ1v) is 5.76. The SMILES string of the molecule is CNCCC(=O)N(CCO)Cc1ccc(C)o1. The molecule has 0 aliphatic rings. The van der Waals surface area contributed by atoms with E-state index in [9.17, 15) is 4.79 Å². The fraction of sp³-hybridized carbons (Fsp3) is 0.583. The molecule has 0 saturated carbocycles. The van der Waals surface area contributed by atoms with Gasteiger partial charge in [-0.2, -0.15) is 0 Å². The van der Waals surface area contributed by atoms with Crippen LogP contribution in [-0.2, 0) is 11.3 Å². The van der Waals surface area contributed by atoms with Gasteiger partial charge in [0.25, 0.3) is 0 Å². The fourth-order valence-corrected chi connectivity index (χ4v) is 1.56. The summed E-state index contributed by atoms with van der Waals surface area (Å²) in [7, 11) is 1.81. The third kappa shape index (κ3) is 4.58. The van der Waals surface area contributed by atoms with Crippen LogP contribution in [0.25, 0.3) is 0 Å². The molecule has 1 rings (SSSR count). The monoisotopic (exact) mass is 240 g/mol. The van der Waals surface area contributed by atoms with Crippen molar-refractivity contribution >= 4 is 5.91 Å². The van der Waals surface area contributed by atoms with E-state index in [4.69, 9.17) is 9.52 Å². The highest BCUT2D eigenvalue weighted by molar-refractivity contribution is 5.76. The maximum Gasteiger partial charge on any atom is 0.224 e. The molecule has 1 aromatic rings. The second-order valence-corrected chi connectivity index (χ2v) is 3.90. The van der Waals surface area contributed by atoms with Crippen LogP contribution in [-0.4, -0.2) is 42.7 Å². The Morgan fingerprint density at radius 1 is 1.53 bits per heavy atom. The average Bonchev–Trinajstić information content (AvgIpc) is 2.71. The molecule has 1 heterocycles. The van der Waals surface area contributed by atoms with Crippen LogP contribution >= 0.6 is 0 Å². The second-order valence-electron chi connectivity index (χ2n) is 3.90. The molecule has 0 spiro atoms. The molecule has 17 heavy (non-hydrogen) atoms. The molecule has 0 aliphatic carbocycles. The Balaban J connectivity index is 2.55. The van der Waals surface area contributed by atoms with Gasteiger partial charge in [-0.05, 0) is 26.1 Å². The number of nitrogens with zero attached hydrogens (tertiary/aromatic N) is 1. The van der Waals surface area contributed by atoms with E-state index in [2.05, 4.69) is 5.32 Å². The summed E-state index contributed by atoms with van der Waals surface area (Å²) in [5.74, 6) is 1.59. The number of carbonyl (C=O) groups excluding carboxylic acids is 1. The lowest BCUT2D eigenvalue weighted by Crippen LogP contribution is -2.34. The molecule has 5 nitrogen and oxygen atoms in total. The van der Waals surface area contributed by atoms with E-state index < -0.39 is 0 Å². The largest absolute Gasteiger partial charge is 0.464 e. The number of aliphatic hydroxyl groups is 1. The molecular weight excluding hydrogens is 220 g/mol. The van der Waals surface area contributed by atoms with Gasteiger partial charge in [-0.1, -0.05) is 0 Å². The quantitative estimate of drug-likeness (QED) is 0.729. The first kappa shape index (κ1) is 13.7. The van der Waals surface area contributed by atoms with Crippen molar-refractivity contribution in [2.45, 2.75) is 19.9 Å². The van der Waals surface area contributed by atoms with Crippen LogP contribution in [0.1, 0.15) is 17.9 Å². The summed E-state index contributed by atoms with van der Waals surface area (Å²) in [6.45, 7) is 3.21. The molecule has 0 radical (unpaired) electrons. The zero-order chi connectivity index (χ0) is 12.7. The summed E-state index contributed by atoms with van der Waals surface area (Å²) >= 11 is 0. The van der Waals surface area contributed by atoms with E-state index in [0.29, 0.717) is 26.1 Å². The minimum atomic E-state index is -0.0367. The minimum Gasteiger partial charge on any atom is -0.464 e. The number of aliphatic hydroxyl groups excluding tert-OH is 1. The van der Waals surface area contributed by atoms with Crippen molar-refractivity contribution in [2.24, 2.45) is 0 Å². The Kier molecular flexibility index (Phi) is 5.72. The van der Waals surface area contributed by atoms with Crippen LogP contribution in [0.5, 0.6) is 0 Å². The number of rotatable bonds is 7. The Morgan fingerprint density at radius 3 is 2.82 bits per heavy atom. The van der Waals surface area contributed by atoms with Crippen LogP contribution in [0, 0.1) is 6.92 Å². The number of carbonyl (C=O) groups is 1. The number of amides is 1. The number of furan rings is 1. The van der Waals surface area contributed by atoms with E-state index >= 15 is 0 Å². The fourth-order valence-electron chi connectivity index (χ4n) is 1.56. The van der Waals surface area contributed by atoms with Gasteiger partial charge in [-0.25, -0.2) is 0 Å². The third-order valence-electron chi connectivity index (χ3n) is 2.45. The summed E-state index contributed by atoms with van der Waals surface area (Å²) < 4.78 is 5.42. The maximum absolute atomic E-state index is 11.8. The number of nitrogens with one attached hydrogen (secondary N) is 1. The molecule has 0 bridgehead atoms. The molecular formula is C12H20N2O3. The minimum absolute atomic E-state index is 0.0162. The molecule has 1 amide bonds. The topological polar surface area (TPSA) is 65.7 Å². The highest BCUT2D eigenvalue weighted by atomic mass is 16.3. The Labute approximate surface area is 101 Å². The van der Waals surface area contributed by atoms with Crippen molar-refractivity contribution in [2.75, 3.05) is 26.7 Å². The molecule has 0 unspecified atom stereocenters. The van der Waals surface area contributed by atoms with Gasteiger partial charge in [-0.3, -0.25) is 4.79 Å². The van der Waals surface area contributed by atoms with Crippen LogP contribution in [0.3, 0.4) is 0 Å². The lowest BCUT2D eigenvalue weighted by molar-refractivity contribution is -0.132. The van der Waals surface area contributed by atoms with Gasteiger partial charge < -0.3 is 19.7 Å². The normalized spacial score (nSPS) is 10.5. The van der Waals surface area contributed by atoms with E-state index in [1.165, 1.54) is 0 Å². The number of hydrogen-bond acceptors (Lipinski definition) is 4. The second kappa shape index (κ2) is 7.09. The highest BCUT2D eigenvalue weighted by Gasteiger charge is 2.14. The van der Waals surface area contributed by atoms with E-state index in [1.54, 1.807) is 11.9 Å². The summed E-state index contributed by atoms with van der Waals surface area (Å²) in [5.41, 5.74) is 0. The molecule has 96 valence electrons. The predicted molar refractivity (Wildman–Crippen MR) is 64.5 cm³/mol. The highest BCUT2D eigenvalue weighted by Crippen LogP contribution is 2.10. The first-order valence-electron chi connectivity index (χ1n) is 5.76. The van der Waals surface area contributed by atoms with E-state index in [0.717, 1.165) is 11.5 Å². The molecule has 1 aromatic heterocycles. The molecule has 0 atom stereocenters. The molecule has 2 N–H and O–H groups in total. The zero-order valence-corrected chi connectivity index (χ0v) is 10.4. The number of aryl methyl sites for hydroxylation is 1. The smallest absolute Gasteiger partial charge is 0.224 e. The predicted octanol–water partition coefficient (Wildman–Crippen LogP) is 0.518. The van der Waals surface area contributed by atoms with Gasteiger partial charge in [0.1, 0.15) is 11.5 Å². The van der Waals surface area contributed by atoms with Gasteiger partial charge in [0.15, 0.2) is 0 Å². The van der Waals surface area contributed by atoms with Gasteiger partial charge >= 0.3 is 0 Å². The van der Waals surface area contributed by atoms with E-state index in [1.807, 2.05) is 19.1 Å². The van der Waals surface area contributed by atoms with Crippen LogP contribution in [0.2, 0.25) is 0 Å². The van der Waals surface area contributed by atoms with Crippen molar-refractivity contribution in [3.63, 3.8) is 0 Å². The zero-order valence-electron chi connectivity index (χ0n) is 10.4. The number of hydrogen-bond donors (Lipinski definition) is 2. The summed E-state index contributed by atoms with van der Waals surface area (Å²) in [6.07, 6.45) is 0.427. The van der Waals surface area contributed by atoms with E-state index in [-0.39, 0.29) is 12.5 Å². The molecule has 0 aliphatic heterocycles. The standard InChI is InChI=1S/C12H20N2O3/c1-10-3-4-11(17-10)9-14(7-8-15)12(16)5-6-13-2/h3-4,13,15H,5-9H2,1-2H3. The first-order chi connectivity index (χ1) is 8.17. The Bertz CT molecular complexity index is 349. The van der Waals surface area contributed by atoms with Gasteiger partial charge in [0, 0.05) is 19.5 Å². The molecule has 0 aromatic carbocycles. The van der Waals surface area contributed by atoms with Crippen molar-refractivity contribution in [1.29, 1.82) is 0 Å². The van der Waals surface area contributed by atoms with Gasteiger partial charge in [0.2, 0.25) is 5.91 Å². The molecule has 0 saturated heterocycles. The lowest BCUT2D eigenvalue weighted by Gasteiger charge is -2.20. The average molecular weight is 240 g/mol. The van der Waals surface area contributed by atoms with Crippen molar-refractivity contribution in [1.82, 2.24) is 10.2 Å². The van der Waals surface area contributed by atoms with Crippen molar-refractivity contribution in [3.05, 3.63) is 23.7 Å². The Morgan fingerprint density at radius 2 is 2.29 bits per heavy atom. The van der Waals surface area contributed by atoms with Crippen molar-refractivity contribution < 1.29 is 14.3 Å². The van der Waals surface area contributed by atoms with Crippen LogP contribution in [0.4, 0.5) is 0 Å². The van der Waals surface area contributed by atoms with Crippen LogP contribution < -0.4 is 5.32 Å². The van der Waals surface area contributed by atoms with Crippen molar-refractivity contribution in [3.8, 4) is 0 Å². The molecule has 0 fully saturated rings. The molecule has 5 heteroatoms. The summed E-state index contributed by atoms with van der Waals surface area (Å²) in [5, 5.41) is 11.9. The Hall–Kier alpha value is -1.33. The maximum atomic E-state index is 11.8. The third-order valence-corrected chi connectivity index (χ3v) is 2.45. The summed E-state index contributed by atoms with van der Waals surface area (Å²) in [4.78, 5) is 13.4. The van der Waals surface area contributed by atoms with Crippen LogP contribution in [0.15, 0.2) is 16.5 Å².